The molecule has 0 aromatic heterocycles. The molecule has 5 heteroatoms. The Morgan fingerprint density at radius 1 is 1.64 bits per heavy atom. The smallest absolute Gasteiger partial charge is 0.128 e. The van der Waals surface area contributed by atoms with E-state index >= 15 is 0 Å². The van der Waals surface area contributed by atoms with Crippen LogP contribution in [0.15, 0.2) is 18.2 Å². The molecule has 0 spiro atoms. The van der Waals surface area contributed by atoms with Gasteiger partial charge in [-0.05, 0) is 18.2 Å². The lowest BCUT2D eigenvalue weighted by atomic mass is 10.1. The van der Waals surface area contributed by atoms with E-state index in [-0.39, 0.29) is 12.4 Å². The van der Waals surface area contributed by atoms with Crippen molar-refractivity contribution in [1.82, 2.24) is 5.43 Å². The second-order valence-corrected chi connectivity index (χ2v) is 3.28. The summed E-state index contributed by atoms with van der Waals surface area (Å²) in [5, 5.41) is 0.470. The maximum absolute atomic E-state index is 13.3. The third-order valence-electron chi connectivity index (χ3n) is 1.87. The topological polar surface area (TPSA) is 47.3 Å². The zero-order valence-corrected chi connectivity index (χ0v) is 8.51. The van der Waals surface area contributed by atoms with E-state index in [0.717, 1.165) is 0 Å². The lowest BCUT2D eigenvalue weighted by Gasteiger charge is -2.15. The Labute approximate surface area is 87.0 Å². The van der Waals surface area contributed by atoms with Gasteiger partial charge in [0.25, 0.3) is 0 Å². The van der Waals surface area contributed by atoms with Crippen molar-refractivity contribution < 1.29 is 9.13 Å². The van der Waals surface area contributed by atoms with Gasteiger partial charge in [-0.1, -0.05) is 11.6 Å². The molecule has 0 fully saturated rings. The molecule has 0 radical (unpaired) electrons. The first kappa shape index (κ1) is 11.4. The van der Waals surface area contributed by atoms with Crippen LogP contribution in [0.4, 0.5) is 4.39 Å². The van der Waals surface area contributed by atoms with Gasteiger partial charge in [-0.3, -0.25) is 11.3 Å². The molecule has 0 amide bonds. The van der Waals surface area contributed by atoms with Crippen LogP contribution >= 0.6 is 11.6 Å². The zero-order chi connectivity index (χ0) is 10.6. The molecule has 14 heavy (non-hydrogen) atoms. The average Bonchev–Trinajstić information content (AvgIpc) is 2.18. The van der Waals surface area contributed by atoms with Crippen LogP contribution in [-0.2, 0) is 4.74 Å². The molecule has 1 rings (SSSR count). The van der Waals surface area contributed by atoms with Crippen LogP contribution in [0.2, 0.25) is 5.02 Å². The van der Waals surface area contributed by atoms with Crippen molar-refractivity contribution in [3.63, 3.8) is 0 Å². The fraction of sp³-hybridized carbons (Fsp3) is 0.333. The molecule has 1 aromatic rings. The average molecular weight is 219 g/mol. The van der Waals surface area contributed by atoms with Crippen molar-refractivity contribution in [3.8, 4) is 0 Å². The lowest BCUT2D eigenvalue weighted by Crippen LogP contribution is -2.31. The summed E-state index contributed by atoms with van der Waals surface area (Å²) >= 11 is 5.74. The van der Waals surface area contributed by atoms with Gasteiger partial charge in [0.15, 0.2) is 0 Å². The normalized spacial score (nSPS) is 12.9. The van der Waals surface area contributed by atoms with Gasteiger partial charge in [0.05, 0.1) is 12.6 Å². The van der Waals surface area contributed by atoms with Gasteiger partial charge in [-0.2, -0.15) is 0 Å². The van der Waals surface area contributed by atoms with Crippen LogP contribution < -0.4 is 11.3 Å². The van der Waals surface area contributed by atoms with Gasteiger partial charge in [-0.15, -0.1) is 0 Å². The molecule has 0 saturated heterocycles. The SMILES string of the molecule is COCC(NN)c1cc(Cl)ccc1F. The van der Waals surface area contributed by atoms with Crippen molar-refractivity contribution in [2.75, 3.05) is 13.7 Å². The Hall–Kier alpha value is -0.680. The molecule has 0 aliphatic heterocycles. The first-order valence-electron chi connectivity index (χ1n) is 4.09. The van der Waals surface area contributed by atoms with Gasteiger partial charge in [0.1, 0.15) is 5.82 Å². The number of benzene rings is 1. The predicted octanol–water partition coefficient (Wildman–Crippen LogP) is 1.63. The largest absolute Gasteiger partial charge is 0.383 e. The van der Waals surface area contributed by atoms with Crippen LogP contribution in [0, 0.1) is 5.82 Å². The van der Waals surface area contributed by atoms with Crippen LogP contribution in [0.25, 0.3) is 0 Å². The summed E-state index contributed by atoms with van der Waals surface area (Å²) in [7, 11) is 1.52. The number of nitrogens with one attached hydrogen (secondary N) is 1. The van der Waals surface area contributed by atoms with Crippen LogP contribution in [0.1, 0.15) is 11.6 Å². The summed E-state index contributed by atoms with van der Waals surface area (Å²) < 4.78 is 18.2. The zero-order valence-electron chi connectivity index (χ0n) is 7.76. The number of hydrogen-bond donors (Lipinski definition) is 2. The Bertz CT molecular complexity index is 309. The molecular formula is C9H12ClFN2O. The summed E-state index contributed by atoms with van der Waals surface area (Å²) in [6.07, 6.45) is 0. The number of ether oxygens (including phenoxy) is 1. The highest BCUT2D eigenvalue weighted by Crippen LogP contribution is 2.21. The van der Waals surface area contributed by atoms with Crippen molar-refractivity contribution in [3.05, 3.63) is 34.6 Å². The fourth-order valence-corrected chi connectivity index (χ4v) is 1.36. The molecule has 78 valence electrons. The highest BCUT2D eigenvalue weighted by molar-refractivity contribution is 6.30. The highest BCUT2D eigenvalue weighted by atomic mass is 35.5. The Kier molecular flexibility index (Phi) is 4.28. The Morgan fingerprint density at radius 3 is 2.93 bits per heavy atom. The summed E-state index contributed by atoms with van der Waals surface area (Å²) in [6, 6.07) is 3.93. The minimum absolute atomic E-state index is 0.285. The fourth-order valence-electron chi connectivity index (χ4n) is 1.18. The summed E-state index contributed by atoms with van der Waals surface area (Å²) in [5.74, 6) is 4.92. The van der Waals surface area contributed by atoms with Crippen LogP contribution in [0.5, 0.6) is 0 Å². The molecule has 3 nitrogen and oxygen atoms in total. The van der Waals surface area contributed by atoms with Crippen LogP contribution in [-0.4, -0.2) is 13.7 Å². The van der Waals surface area contributed by atoms with Gasteiger partial charge in [-0.25, -0.2) is 4.39 Å². The van der Waals surface area contributed by atoms with E-state index in [1.54, 1.807) is 0 Å². The standard InChI is InChI=1S/C9H12ClFN2O/c1-14-5-9(13-12)7-4-6(10)2-3-8(7)11/h2-4,9,13H,5,12H2,1H3. The molecule has 1 atom stereocenters. The second-order valence-electron chi connectivity index (χ2n) is 2.84. The third-order valence-corrected chi connectivity index (χ3v) is 2.10. The summed E-state index contributed by atoms with van der Waals surface area (Å²) in [6.45, 7) is 0.285. The van der Waals surface area contributed by atoms with Crippen molar-refractivity contribution in [1.29, 1.82) is 0 Å². The van der Waals surface area contributed by atoms with E-state index in [9.17, 15) is 4.39 Å². The Balaban J connectivity index is 2.96. The quantitative estimate of drug-likeness (QED) is 0.597. The van der Waals surface area contributed by atoms with Crippen molar-refractivity contribution >= 4 is 11.6 Å². The number of hydrazine groups is 1. The molecule has 1 unspecified atom stereocenters. The summed E-state index contributed by atoms with van der Waals surface area (Å²) in [5.41, 5.74) is 2.87. The molecule has 0 heterocycles. The minimum atomic E-state index is -0.390. The first-order valence-corrected chi connectivity index (χ1v) is 4.47. The molecule has 1 aromatic carbocycles. The molecule has 3 N–H and O–H groups in total. The van der Waals surface area contributed by atoms with E-state index in [4.69, 9.17) is 22.2 Å². The van der Waals surface area contributed by atoms with E-state index in [0.29, 0.717) is 10.6 Å². The van der Waals surface area contributed by atoms with E-state index in [1.165, 1.54) is 25.3 Å². The first-order chi connectivity index (χ1) is 6.69. The molecule has 0 bridgehead atoms. The molecule has 0 aliphatic rings. The minimum Gasteiger partial charge on any atom is -0.383 e. The highest BCUT2D eigenvalue weighted by Gasteiger charge is 2.14. The predicted molar refractivity (Wildman–Crippen MR) is 53.4 cm³/mol. The van der Waals surface area contributed by atoms with E-state index in [2.05, 4.69) is 5.43 Å². The second kappa shape index (κ2) is 5.26. The van der Waals surface area contributed by atoms with Gasteiger partial charge in [0.2, 0.25) is 0 Å². The van der Waals surface area contributed by atoms with Crippen LogP contribution in [0.3, 0.4) is 0 Å². The van der Waals surface area contributed by atoms with Crippen molar-refractivity contribution in [2.45, 2.75) is 6.04 Å². The summed E-state index contributed by atoms with van der Waals surface area (Å²) in [4.78, 5) is 0. The van der Waals surface area contributed by atoms with Gasteiger partial charge in [0, 0.05) is 17.7 Å². The number of hydrogen-bond acceptors (Lipinski definition) is 3. The molecule has 0 saturated carbocycles. The number of nitrogens with two attached hydrogens (primary N) is 1. The third kappa shape index (κ3) is 2.65. The van der Waals surface area contributed by atoms with E-state index < -0.39 is 6.04 Å². The maximum Gasteiger partial charge on any atom is 0.128 e. The van der Waals surface area contributed by atoms with Gasteiger partial charge < -0.3 is 4.74 Å². The Morgan fingerprint density at radius 2 is 2.36 bits per heavy atom. The molecular weight excluding hydrogens is 207 g/mol. The molecule has 0 aliphatic carbocycles. The monoisotopic (exact) mass is 218 g/mol. The van der Waals surface area contributed by atoms with E-state index in [1.807, 2.05) is 0 Å². The van der Waals surface area contributed by atoms with Crippen molar-refractivity contribution in [2.24, 2.45) is 5.84 Å². The number of halogens is 2. The van der Waals surface area contributed by atoms with Gasteiger partial charge >= 0.3 is 0 Å². The maximum atomic E-state index is 13.3. The number of rotatable bonds is 4. The number of methoxy groups -OCH3 is 1. The lowest BCUT2D eigenvalue weighted by molar-refractivity contribution is 0.166.